The Morgan fingerprint density at radius 2 is 1.06 bits per heavy atom. The molecule has 0 spiro atoms. The molecule has 33 heavy (non-hydrogen) atoms. The van der Waals surface area contributed by atoms with Crippen LogP contribution in [-0.2, 0) is 9.47 Å². The molecule has 1 N–H and O–H groups in total. The predicted molar refractivity (Wildman–Crippen MR) is 130 cm³/mol. The van der Waals surface area contributed by atoms with Gasteiger partial charge in [0, 0.05) is 0 Å². The fourth-order valence-electron chi connectivity index (χ4n) is 3.63. The molecule has 0 bridgehead atoms. The Morgan fingerprint density at radius 3 is 1.52 bits per heavy atom. The monoisotopic (exact) mass is 462 g/mol. The van der Waals surface area contributed by atoms with Crippen molar-refractivity contribution in [2.75, 3.05) is 13.2 Å². The molecule has 0 radical (unpaired) electrons. The lowest BCUT2D eigenvalue weighted by Crippen LogP contribution is -2.16. The molecule has 1 aromatic carbocycles. The summed E-state index contributed by atoms with van der Waals surface area (Å²) in [7, 11) is 0. The van der Waals surface area contributed by atoms with Gasteiger partial charge in [-0.3, -0.25) is 0 Å². The fraction of sp³-hybridized carbons (Fsp3) is 0.667. The third kappa shape index (κ3) is 12.4. The van der Waals surface area contributed by atoms with E-state index in [1.165, 1.54) is 69.6 Å². The highest BCUT2D eigenvalue weighted by Crippen LogP contribution is 2.17. The molecule has 6 heteroatoms. The van der Waals surface area contributed by atoms with Crippen LogP contribution in [0.25, 0.3) is 0 Å². The topological polar surface area (TPSA) is 89.9 Å². The molecular weight excluding hydrogens is 420 g/mol. The van der Waals surface area contributed by atoms with Gasteiger partial charge in [0.1, 0.15) is 0 Å². The lowest BCUT2D eigenvalue weighted by atomic mass is 10.0. The van der Waals surface area contributed by atoms with E-state index >= 15 is 0 Å². The van der Waals surface area contributed by atoms with Crippen molar-refractivity contribution in [1.29, 1.82) is 0 Å². The van der Waals surface area contributed by atoms with Crippen molar-refractivity contribution < 1.29 is 29.0 Å². The van der Waals surface area contributed by atoms with Gasteiger partial charge in [0.15, 0.2) is 0 Å². The number of aromatic carboxylic acids is 1. The van der Waals surface area contributed by atoms with Gasteiger partial charge in [-0.2, -0.15) is 0 Å². The highest BCUT2D eigenvalue weighted by Gasteiger charge is 2.21. The normalized spacial score (nSPS) is 10.7. The molecule has 0 atom stereocenters. The number of esters is 2. The van der Waals surface area contributed by atoms with Gasteiger partial charge < -0.3 is 14.6 Å². The van der Waals surface area contributed by atoms with Crippen molar-refractivity contribution in [3.63, 3.8) is 0 Å². The van der Waals surface area contributed by atoms with Gasteiger partial charge in [-0.05, 0) is 31.0 Å². The van der Waals surface area contributed by atoms with Crippen molar-refractivity contribution in [3.8, 4) is 0 Å². The number of hydrogen-bond donors (Lipinski definition) is 1. The first-order valence-corrected chi connectivity index (χ1v) is 12.7. The highest BCUT2D eigenvalue weighted by molar-refractivity contribution is 6.05. The van der Waals surface area contributed by atoms with Crippen molar-refractivity contribution in [2.45, 2.75) is 104 Å². The van der Waals surface area contributed by atoms with E-state index < -0.39 is 17.9 Å². The van der Waals surface area contributed by atoms with Gasteiger partial charge in [-0.25, -0.2) is 14.4 Å². The van der Waals surface area contributed by atoms with Crippen LogP contribution in [0.1, 0.15) is 135 Å². The van der Waals surface area contributed by atoms with Crippen LogP contribution in [0.3, 0.4) is 0 Å². The molecule has 186 valence electrons. The van der Waals surface area contributed by atoms with Gasteiger partial charge in [0.05, 0.1) is 29.9 Å². The summed E-state index contributed by atoms with van der Waals surface area (Å²) in [6.45, 7) is 4.89. The number of carbonyl (C=O) groups excluding carboxylic acids is 2. The van der Waals surface area contributed by atoms with Crippen LogP contribution < -0.4 is 0 Å². The Hall–Kier alpha value is -2.37. The zero-order valence-electron chi connectivity index (χ0n) is 20.5. The number of rotatable bonds is 19. The lowest BCUT2D eigenvalue weighted by Gasteiger charge is -2.11. The van der Waals surface area contributed by atoms with E-state index in [-0.39, 0.29) is 29.9 Å². The maximum atomic E-state index is 12.6. The Bertz CT molecular complexity index is 713. The van der Waals surface area contributed by atoms with Crippen LogP contribution in [0.2, 0.25) is 0 Å². The maximum absolute atomic E-state index is 12.6. The molecule has 1 aromatic rings. The minimum absolute atomic E-state index is 0.0486. The molecular formula is C27H42O6. The molecule has 0 aliphatic rings. The smallest absolute Gasteiger partial charge is 0.339 e. The summed E-state index contributed by atoms with van der Waals surface area (Å²) in [5, 5.41) is 9.26. The number of carbonyl (C=O) groups is 3. The van der Waals surface area contributed by atoms with Gasteiger partial charge in [0.2, 0.25) is 0 Å². The molecule has 1 rings (SSSR count). The minimum Gasteiger partial charge on any atom is -0.478 e. The van der Waals surface area contributed by atoms with Crippen molar-refractivity contribution in [2.24, 2.45) is 0 Å². The zero-order valence-corrected chi connectivity index (χ0v) is 20.5. The summed E-state index contributed by atoms with van der Waals surface area (Å²) in [5.41, 5.74) is -0.0728. The van der Waals surface area contributed by atoms with Gasteiger partial charge in [0.25, 0.3) is 0 Å². The van der Waals surface area contributed by atoms with E-state index in [4.69, 9.17) is 9.47 Å². The summed E-state index contributed by atoms with van der Waals surface area (Å²) < 4.78 is 10.7. The first-order chi connectivity index (χ1) is 16.0. The molecule has 0 amide bonds. The van der Waals surface area contributed by atoms with Crippen LogP contribution in [0.4, 0.5) is 0 Å². The van der Waals surface area contributed by atoms with Crippen LogP contribution in [0.5, 0.6) is 0 Å². The third-order valence-corrected chi connectivity index (χ3v) is 5.67. The Kier molecular flexibility index (Phi) is 15.7. The number of carboxylic acids is 1. The number of unbranched alkanes of at least 4 members (excludes halogenated alkanes) is 12. The summed E-state index contributed by atoms with van der Waals surface area (Å²) in [4.78, 5) is 36.5. The first kappa shape index (κ1) is 28.7. The summed E-state index contributed by atoms with van der Waals surface area (Å²) >= 11 is 0. The second-order valence-electron chi connectivity index (χ2n) is 8.58. The quantitative estimate of drug-likeness (QED) is 0.173. The number of carboxylic acid groups (broad SMARTS) is 1. The lowest BCUT2D eigenvalue weighted by molar-refractivity contribution is 0.0450. The van der Waals surface area contributed by atoms with E-state index in [2.05, 4.69) is 13.8 Å². The van der Waals surface area contributed by atoms with E-state index in [1.54, 1.807) is 0 Å². The molecule has 0 heterocycles. The maximum Gasteiger partial charge on any atom is 0.339 e. The summed E-state index contributed by atoms with van der Waals surface area (Å²) in [5.74, 6) is -2.48. The summed E-state index contributed by atoms with van der Waals surface area (Å²) in [6.07, 6.45) is 15.4. The third-order valence-electron chi connectivity index (χ3n) is 5.67. The van der Waals surface area contributed by atoms with Crippen LogP contribution in [-0.4, -0.2) is 36.2 Å². The van der Waals surface area contributed by atoms with Gasteiger partial charge in [-0.1, -0.05) is 90.9 Å². The zero-order chi connectivity index (χ0) is 24.3. The van der Waals surface area contributed by atoms with Crippen molar-refractivity contribution in [3.05, 3.63) is 34.9 Å². The van der Waals surface area contributed by atoms with E-state index in [9.17, 15) is 19.5 Å². The fourth-order valence-corrected chi connectivity index (χ4v) is 3.63. The predicted octanol–water partition coefficient (Wildman–Crippen LogP) is 7.20. The molecule has 0 unspecified atom stereocenters. The molecule has 0 saturated heterocycles. The Morgan fingerprint density at radius 1 is 0.636 bits per heavy atom. The standard InChI is InChI=1S/C27H42O6/c1-3-5-7-9-11-13-15-19-32-26(30)23-18-17-22(25(28)29)21-24(23)27(31)33-20-16-14-12-10-8-6-4-2/h17-18,21H,3-16,19-20H2,1-2H3,(H,28,29). The second kappa shape index (κ2) is 18.1. The largest absolute Gasteiger partial charge is 0.478 e. The molecule has 0 aliphatic heterocycles. The van der Waals surface area contributed by atoms with Crippen LogP contribution >= 0.6 is 0 Å². The summed E-state index contributed by atoms with van der Waals surface area (Å²) in [6, 6.07) is 3.83. The molecule has 0 aromatic heterocycles. The first-order valence-electron chi connectivity index (χ1n) is 12.7. The molecule has 0 fully saturated rings. The van der Waals surface area contributed by atoms with Gasteiger partial charge >= 0.3 is 17.9 Å². The average Bonchev–Trinajstić information content (AvgIpc) is 2.81. The number of ether oxygens (including phenoxy) is 2. The number of hydrogen-bond acceptors (Lipinski definition) is 5. The van der Waals surface area contributed by atoms with Gasteiger partial charge in [-0.15, -0.1) is 0 Å². The van der Waals surface area contributed by atoms with E-state index in [0.29, 0.717) is 0 Å². The average molecular weight is 463 g/mol. The molecule has 0 saturated carbocycles. The van der Waals surface area contributed by atoms with E-state index in [0.717, 1.165) is 38.5 Å². The molecule has 0 aliphatic carbocycles. The highest BCUT2D eigenvalue weighted by atomic mass is 16.5. The Labute approximate surface area is 199 Å². The van der Waals surface area contributed by atoms with Crippen LogP contribution in [0.15, 0.2) is 18.2 Å². The van der Waals surface area contributed by atoms with E-state index in [1.807, 2.05) is 0 Å². The second-order valence-corrected chi connectivity index (χ2v) is 8.58. The van der Waals surface area contributed by atoms with Crippen molar-refractivity contribution in [1.82, 2.24) is 0 Å². The van der Waals surface area contributed by atoms with Crippen molar-refractivity contribution >= 4 is 17.9 Å². The Balaban J connectivity index is 2.54. The molecule has 6 nitrogen and oxygen atoms in total. The number of benzene rings is 1. The van der Waals surface area contributed by atoms with Crippen LogP contribution in [0, 0.1) is 0 Å². The minimum atomic E-state index is -1.17. The SMILES string of the molecule is CCCCCCCCCOC(=O)c1ccc(C(=O)O)cc1C(=O)OCCCCCCCCC.